The Morgan fingerprint density at radius 1 is 0.967 bits per heavy atom. The van der Waals surface area contributed by atoms with Gasteiger partial charge in [-0.15, -0.1) is 0 Å². The van der Waals surface area contributed by atoms with E-state index in [0.29, 0.717) is 18.0 Å². The lowest BCUT2D eigenvalue weighted by Gasteiger charge is -2.23. The molecule has 0 radical (unpaired) electrons. The van der Waals surface area contributed by atoms with E-state index >= 15 is 0 Å². The maximum atomic E-state index is 13.2. The van der Waals surface area contributed by atoms with Crippen molar-refractivity contribution in [2.24, 2.45) is 0 Å². The number of para-hydroxylation sites is 1. The molecule has 0 spiro atoms. The van der Waals surface area contributed by atoms with Crippen LogP contribution in [0.1, 0.15) is 22.8 Å². The lowest BCUT2D eigenvalue weighted by molar-refractivity contribution is 0.0950. The van der Waals surface area contributed by atoms with Gasteiger partial charge in [-0.05, 0) is 55.0 Å². The summed E-state index contributed by atoms with van der Waals surface area (Å²) in [6.45, 7) is 2.35. The topological polar surface area (TPSA) is 75.7 Å². The predicted octanol–water partition coefficient (Wildman–Crippen LogP) is 3.84. The average Bonchev–Trinajstić information content (AvgIpc) is 2.78. The number of hydrogen-bond acceptors (Lipinski definition) is 4. The van der Waals surface area contributed by atoms with Gasteiger partial charge in [0.15, 0.2) is 0 Å². The highest BCUT2D eigenvalue weighted by Gasteiger charge is 2.24. The molecule has 3 aromatic carbocycles. The normalized spacial score (nSPS) is 11.0. The lowest BCUT2D eigenvalue weighted by Crippen LogP contribution is -2.31. The summed E-state index contributed by atoms with van der Waals surface area (Å²) >= 11 is 0. The number of benzene rings is 3. The minimum Gasteiger partial charge on any atom is -0.497 e. The summed E-state index contributed by atoms with van der Waals surface area (Å²) in [5.41, 5.74) is 1.74. The molecule has 0 saturated heterocycles. The maximum absolute atomic E-state index is 13.2. The van der Waals surface area contributed by atoms with Gasteiger partial charge in [0.1, 0.15) is 5.75 Å². The van der Waals surface area contributed by atoms with Crippen LogP contribution in [0.25, 0.3) is 0 Å². The van der Waals surface area contributed by atoms with Crippen LogP contribution in [-0.4, -0.2) is 28.0 Å². The SMILES string of the molecule is CCN(c1ccccc1)S(=O)(=O)c1cccc(C(=O)NCc2cccc(OC)c2)c1. The molecule has 3 aromatic rings. The minimum atomic E-state index is -3.80. The zero-order valence-corrected chi connectivity index (χ0v) is 17.7. The molecule has 3 rings (SSSR count). The molecular formula is C23H24N2O4S. The van der Waals surface area contributed by atoms with Crippen molar-refractivity contribution in [1.82, 2.24) is 5.32 Å². The Bertz CT molecular complexity index is 1110. The van der Waals surface area contributed by atoms with Gasteiger partial charge in [0.2, 0.25) is 0 Å². The molecule has 0 aliphatic heterocycles. The average molecular weight is 425 g/mol. The third-order valence-corrected chi connectivity index (χ3v) is 6.50. The highest BCUT2D eigenvalue weighted by molar-refractivity contribution is 7.92. The van der Waals surface area contributed by atoms with Crippen molar-refractivity contribution in [3.63, 3.8) is 0 Å². The van der Waals surface area contributed by atoms with Crippen LogP contribution in [-0.2, 0) is 16.6 Å². The first-order valence-corrected chi connectivity index (χ1v) is 11.0. The van der Waals surface area contributed by atoms with Crippen LogP contribution in [0.15, 0.2) is 83.8 Å². The first-order valence-electron chi connectivity index (χ1n) is 9.54. The van der Waals surface area contributed by atoms with Crippen molar-refractivity contribution in [3.05, 3.63) is 90.0 Å². The fourth-order valence-electron chi connectivity index (χ4n) is 3.08. The summed E-state index contributed by atoms with van der Waals surface area (Å²) in [6, 6.07) is 22.3. The third kappa shape index (κ3) is 4.80. The van der Waals surface area contributed by atoms with Crippen molar-refractivity contribution in [2.75, 3.05) is 18.0 Å². The molecule has 0 aliphatic carbocycles. The first kappa shape index (κ1) is 21.4. The van der Waals surface area contributed by atoms with Crippen LogP contribution in [0.4, 0.5) is 5.69 Å². The minimum absolute atomic E-state index is 0.0715. The molecule has 0 bridgehead atoms. The third-order valence-electron chi connectivity index (χ3n) is 4.60. The molecule has 0 saturated carbocycles. The van der Waals surface area contributed by atoms with Gasteiger partial charge in [0.25, 0.3) is 15.9 Å². The second-order valence-corrected chi connectivity index (χ2v) is 8.43. The van der Waals surface area contributed by atoms with Crippen molar-refractivity contribution in [2.45, 2.75) is 18.4 Å². The lowest BCUT2D eigenvalue weighted by atomic mass is 10.2. The number of carbonyl (C=O) groups is 1. The number of anilines is 1. The van der Waals surface area contributed by atoms with Crippen molar-refractivity contribution in [1.29, 1.82) is 0 Å². The van der Waals surface area contributed by atoms with E-state index in [1.807, 2.05) is 30.3 Å². The Balaban J connectivity index is 1.80. The number of methoxy groups -OCH3 is 1. The smallest absolute Gasteiger partial charge is 0.264 e. The van der Waals surface area contributed by atoms with Crippen LogP contribution in [0.5, 0.6) is 5.75 Å². The summed E-state index contributed by atoms with van der Waals surface area (Å²) in [6.07, 6.45) is 0. The highest BCUT2D eigenvalue weighted by Crippen LogP contribution is 2.24. The van der Waals surface area contributed by atoms with E-state index in [9.17, 15) is 13.2 Å². The number of hydrogen-bond donors (Lipinski definition) is 1. The zero-order chi connectivity index (χ0) is 21.6. The van der Waals surface area contributed by atoms with E-state index in [1.165, 1.54) is 16.4 Å². The number of amides is 1. The molecule has 0 heterocycles. The zero-order valence-electron chi connectivity index (χ0n) is 16.9. The predicted molar refractivity (Wildman–Crippen MR) is 117 cm³/mol. The van der Waals surface area contributed by atoms with Gasteiger partial charge in [0, 0.05) is 18.7 Å². The molecule has 0 unspecified atom stereocenters. The van der Waals surface area contributed by atoms with Crippen molar-refractivity contribution in [3.8, 4) is 5.75 Å². The Hall–Kier alpha value is -3.32. The summed E-state index contributed by atoms with van der Waals surface area (Å²) in [5.74, 6) is 0.355. The highest BCUT2D eigenvalue weighted by atomic mass is 32.2. The Kier molecular flexibility index (Phi) is 6.74. The van der Waals surface area contributed by atoms with E-state index in [2.05, 4.69) is 5.32 Å². The summed E-state index contributed by atoms with van der Waals surface area (Å²) in [4.78, 5) is 12.7. The van der Waals surface area contributed by atoms with Crippen LogP contribution < -0.4 is 14.4 Å². The molecule has 6 nitrogen and oxygen atoms in total. The van der Waals surface area contributed by atoms with Gasteiger partial charge >= 0.3 is 0 Å². The molecule has 30 heavy (non-hydrogen) atoms. The second kappa shape index (κ2) is 9.45. The quantitative estimate of drug-likeness (QED) is 0.596. The Morgan fingerprint density at radius 3 is 2.40 bits per heavy atom. The standard InChI is InChI=1S/C23H24N2O4S/c1-3-25(20-11-5-4-6-12-20)30(27,28)22-14-8-10-19(16-22)23(26)24-17-18-9-7-13-21(15-18)29-2/h4-16H,3,17H2,1-2H3,(H,24,26). The van der Waals surface area contributed by atoms with Crippen molar-refractivity contribution >= 4 is 21.6 Å². The molecule has 0 aromatic heterocycles. The second-order valence-electron chi connectivity index (χ2n) is 6.57. The monoisotopic (exact) mass is 424 g/mol. The Morgan fingerprint density at radius 2 is 1.70 bits per heavy atom. The van der Waals surface area contributed by atoms with Gasteiger partial charge in [-0.1, -0.05) is 36.4 Å². The number of carbonyl (C=O) groups excluding carboxylic acids is 1. The first-order chi connectivity index (χ1) is 14.5. The van der Waals surface area contributed by atoms with E-state index in [0.717, 1.165) is 5.56 Å². The van der Waals surface area contributed by atoms with Crippen LogP contribution in [0.3, 0.4) is 0 Å². The van der Waals surface area contributed by atoms with Crippen LogP contribution in [0.2, 0.25) is 0 Å². The van der Waals surface area contributed by atoms with E-state index in [4.69, 9.17) is 4.74 Å². The van der Waals surface area contributed by atoms with Gasteiger partial charge in [-0.2, -0.15) is 0 Å². The van der Waals surface area contributed by atoms with E-state index in [-0.39, 0.29) is 22.9 Å². The molecule has 0 atom stereocenters. The summed E-state index contributed by atoms with van der Waals surface area (Å²) in [7, 11) is -2.22. The number of nitrogens with zero attached hydrogens (tertiary/aromatic N) is 1. The maximum Gasteiger partial charge on any atom is 0.264 e. The fraction of sp³-hybridized carbons (Fsp3) is 0.174. The number of ether oxygens (including phenoxy) is 1. The molecule has 1 N–H and O–H groups in total. The van der Waals surface area contributed by atoms with E-state index in [1.54, 1.807) is 50.4 Å². The molecule has 1 amide bonds. The largest absolute Gasteiger partial charge is 0.497 e. The van der Waals surface area contributed by atoms with E-state index < -0.39 is 10.0 Å². The number of rotatable bonds is 8. The van der Waals surface area contributed by atoms with Crippen LogP contribution >= 0.6 is 0 Å². The summed E-state index contributed by atoms with van der Waals surface area (Å²) < 4.78 is 32.8. The van der Waals surface area contributed by atoms with Gasteiger partial charge < -0.3 is 10.1 Å². The van der Waals surface area contributed by atoms with Crippen LogP contribution in [0, 0.1) is 0 Å². The molecule has 156 valence electrons. The number of sulfonamides is 1. The molecule has 7 heteroatoms. The number of nitrogens with one attached hydrogen (secondary N) is 1. The molecule has 0 fully saturated rings. The summed E-state index contributed by atoms with van der Waals surface area (Å²) in [5, 5.41) is 2.82. The van der Waals surface area contributed by atoms with Crippen molar-refractivity contribution < 1.29 is 17.9 Å². The fourth-order valence-corrected chi connectivity index (χ4v) is 4.60. The van der Waals surface area contributed by atoms with Gasteiger partial charge in [0.05, 0.1) is 17.7 Å². The molecular weight excluding hydrogens is 400 g/mol. The molecule has 0 aliphatic rings. The van der Waals surface area contributed by atoms with Gasteiger partial charge in [-0.3, -0.25) is 9.10 Å². The Labute approximate surface area is 177 Å². The van der Waals surface area contributed by atoms with Gasteiger partial charge in [-0.25, -0.2) is 8.42 Å².